The molecule has 0 spiro atoms. The van der Waals surface area contributed by atoms with E-state index < -0.39 is 0 Å². The first-order valence-electron chi connectivity index (χ1n) is 7.19. The second-order valence-electron chi connectivity index (χ2n) is 5.71. The standard InChI is InChI=1S/C14H25N3O/c1-5-12-15-13(6-2)17(16-12)14-10(4)7-9(3)8-11(14)18/h9-11,14,18H,5-8H2,1-4H3. The molecule has 0 saturated heterocycles. The van der Waals surface area contributed by atoms with Crippen molar-refractivity contribution in [2.24, 2.45) is 11.8 Å². The van der Waals surface area contributed by atoms with Gasteiger partial charge in [0.05, 0.1) is 12.1 Å². The Bertz CT molecular complexity index is 390. The molecule has 102 valence electrons. The summed E-state index contributed by atoms with van der Waals surface area (Å²) < 4.78 is 2.00. The zero-order chi connectivity index (χ0) is 13.3. The molecule has 18 heavy (non-hydrogen) atoms. The van der Waals surface area contributed by atoms with Gasteiger partial charge in [-0.25, -0.2) is 9.67 Å². The van der Waals surface area contributed by atoms with Crippen molar-refractivity contribution in [1.29, 1.82) is 0 Å². The van der Waals surface area contributed by atoms with Crippen LogP contribution in [0.5, 0.6) is 0 Å². The number of aliphatic hydroxyl groups is 1. The first-order chi connectivity index (χ1) is 8.56. The second-order valence-corrected chi connectivity index (χ2v) is 5.71. The normalized spacial score (nSPS) is 32.7. The highest BCUT2D eigenvalue weighted by Gasteiger charge is 2.35. The molecule has 0 radical (unpaired) electrons. The lowest BCUT2D eigenvalue weighted by molar-refractivity contribution is 0.0162. The average molecular weight is 251 g/mol. The van der Waals surface area contributed by atoms with E-state index in [-0.39, 0.29) is 12.1 Å². The van der Waals surface area contributed by atoms with E-state index in [9.17, 15) is 5.11 Å². The van der Waals surface area contributed by atoms with E-state index in [2.05, 4.69) is 37.8 Å². The molecule has 4 nitrogen and oxygen atoms in total. The van der Waals surface area contributed by atoms with Gasteiger partial charge in [0.2, 0.25) is 0 Å². The molecule has 1 aromatic heterocycles. The molecule has 1 aromatic rings. The van der Waals surface area contributed by atoms with E-state index in [0.29, 0.717) is 11.8 Å². The minimum atomic E-state index is -0.291. The SMILES string of the molecule is CCc1nc(CC)n(C2C(C)CC(C)CC2O)n1. The molecule has 1 N–H and O–H groups in total. The zero-order valence-electron chi connectivity index (χ0n) is 11.9. The summed E-state index contributed by atoms with van der Waals surface area (Å²) >= 11 is 0. The van der Waals surface area contributed by atoms with Gasteiger partial charge < -0.3 is 5.11 Å². The first-order valence-corrected chi connectivity index (χ1v) is 7.19. The highest BCUT2D eigenvalue weighted by molar-refractivity contribution is 4.98. The molecule has 4 unspecified atom stereocenters. The van der Waals surface area contributed by atoms with Crippen LogP contribution in [0.3, 0.4) is 0 Å². The molecular weight excluding hydrogens is 226 g/mol. The smallest absolute Gasteiger partial charge is 0.150 e. The molecule has 0 amide bonds. The molecule has 0 bridgehead atoms. The van der Waals surface area contributed by atoms with E-state index in [1.807, 2.05) is 4.68 Å². The Morgan fingerprint density at radius 1 is 1.22 bits per heavy atom. The second kappa shape index (κ2) is 5.39. The zero-order valence-corrected chi connectivity index (χ0v) is 11.9. The predicted octanol–water partition coefficient (Wildman–Crippen LogP) is 2.37. The van der Waals surface area contributed by atoms with Gasteiger partial charge in [-0.3, -0.25) is 0 Å². The lowest BCUT2D eigenvalue weighted by Crippen LogP contribution is -2.37. The van der Waals surface area contributed by atoms with Crippen LogP contribution in [0.2, 0.25) is 0 Å². The van der Waals surface area contributed by atoms with E-state index in [1.165, 1.54) is 0 Å². The minimum absolute atomic E-state index is 0.101. The van der Waals surface area contributed by atoms with Crippen molar-refractivity contribution < 1.29 is 5.11 Å². The fourth-order valence-electron chi connectivity index (χ4n) is 3.24. The molecule has 0 aromatic carbocycles. The van der Waals surface area contributed by atoms with Crippen LogP contribution in [0.25, 0.3) is 0 Å². The number of aromatic nitrogens is 3. The van der Waals surface area contributed by atoms with E-state index in [1.54, 1.807) is 0 Å². The first kappa shape index (κ1) is 13.5. The Labute approximate surface area is 109 Å². The minimum Gasteiger partial charge on any atom is -0.391 e. The summed E-state index contributed by atoms with van der Waals surface area (Å²) in [6.45, 7) is 8.61. The third kappa shape index (κ3) is 2.44. The van der Waals surface area contributed by atoms with Crippen molar-refractivity contribution >= 4 is 0 Å². The molecule has 4 heteroatoms. The van der Waals surface area contributed by atoms with Gasteiger partial charge in [-0.2, -0.15) is 5.10 Å². The van der Waals surface area contributed by atoms with Crippen molar-refractivity contribution in [2.45, 2.75) is 65.5 Å². The molecule has 1 fully saturated rings. The van der Waals surface area contributed by atoms with Crippen LogP contribution in [0.15, 0.2) is 0 Å². The van der Waals surface area contributed by atoms with Crippen LogP contribution in [0, 0.1) is 11.8 Å². The van der Waals surface area contributed by atoms with Crippen LogP contribution in [-0.4, -0.2) is 26.0 Å². The maximum Gasteiger partial charge on any atom is 0.150 e. The molecule has 0 aliphatic heterocycles. The third-order valence-corrected chi connectivity index (χ3v) is 4.06. The number of hydrogen-bond donors (Lipinski definition) is 1. The molecule has 2 rings (SSSR count). The maximum atomic E-state index is 10.4. The summed E-state index contributed by atoms with van der Waals surface area (Å²) in [5.41, 5.74) is 0. The molecular formula is C14H25N3O. The quantitative estimate of drug-likeness (QED) is 0.897. The lowest BCUT2D eigenvalue weighted by Gasteiger charge is -2.37. The van der Waals surface area contributed by atoms with Gasteiger partial charge in [-0.05, 0) is 24.7 Å². The third-order valence-electron chi connectivity index (χ3n) is 4.06. The summed E-state index contributed by atoms with van der Waals surface area (Å²) in [6.07, 6.45) is 3.47. The van der Waals surface area contributed by atoms with Crippen LogP contribution < -0.4 is 0 Å². The van der Waals surface area contributed by atoms with Gasteiger partial charge in [-0.15, -0.1) is 0 Å². The number of hydrogen-bond acceptors (Lipinski definition) is 3. The average Bonchev–Trinajstić information content (AvgIpc) is 2.71. The number of aryl methyl sites for hydroxylation is 2. The van der Waals surface area contributed by atoms with E-state index >= 15 is 0 Å². The molecule has 1 heterocycles. The Morgan fingerprint density at radius 2 is 1.94 bits per heavy atom. The topological polar surface area (TPSA) is 50.9 Å². The van der Waals surface area contributed by atoms with Crippen molar-refractivity contribution in [2.75, 3.05) is 0 Å². The van der Waals surface area contributed by atoms with Crippen LogP contribution in [-0.2, 0) is 12.8 Å². The Kier molecular flexibility index (Phi) is 4.05. The Morgan fingerprint density at radius 3 is 2.50 bits per heavy atom. The lowest BCUT2D eigenvalue weighted by atomic mass is 9.78. The van der Waals surface area contributed by atoms with Gasteiger partial charge in [0.25, 0.3) is 0 Å². The summed E-state index contributed by atoms with van der Waals surface area (Å²) in [6, 6.07) is 0.101. The van der Waals surface area contributed by atoms with Crippen molar-refractivity contribution in [3.05, 3.63) is 11.6 Å². The number of aliphatic hydroxyl groups excluding tert-OH is 1. The van der Waals surface area contributed by atoms with E-state index in [4.69, 9.17) is 0 Å². The fourth-order valence-corrected chi connectivity index (χ4v) is 3.24. The highest BCUT2D eigenvalue weighted by Crippen LogP contribution is 2.37. The van der Waals surface area contributed by atoms with Crippen molar-refractivity contribution in [3.8, 4) is 0 Å². The summed E-state index contributed by atoms with van der Waals surface area (Å²) in [5, 5.41) is 15.0. The molecule has 1 aliphatic rings. The monoisotopic (exact) mass is 251 g/mol. The highest BCUT2D eigenvalue weighted by atomic mass is 16.3. The van der Waals surface area contributed by atoms with E-state index in [0.717, 1.165) is 37.3 Å². The van der Waals surface area contributed by atoms with Gasteiger partial charge in [0.15, 0.2) is 5.82 Å². The van der Waals surface area contributed by atoms with Crippen LogP contribution >= 0.6 is 0 Å². The molecule has 1 saturated carbocycles. The summed E-state index contributed by atoms with van der Waals surface area (Å²) in [7, 11) is 0. The number of nitrogens with zero attached hydrogens (tertiary/aromatic N) is 3. The largest absolute Gasteiger partial charge is 0.391 e. The summed E-state index contributed by atoms with van der Waals surface area (Å²) in [4.78, 5) is 4.55. The van der Waals surface area contributed by atoms with Gasteiger partial charge >= 0.3 is 0 Å². The predicted molar refractivity (Wildman–Crippen MR) is 71.4 cm³/mol. The fraction of sp³-hybridized carbons (Fsp3) is 0.857. The van der Waals surface area contributed by atoms with Gasteiger partial charge in [-0.1, -0.05) is 27.7 Å². The molecule has 4 atom stereocenters. The van der Waals surface area contributed by atoms with Crippen molar-refractivity contribution in [3.63, 3.8) is 0 Å². The summed E-state index contributed by atoms with van der Waals surface area (Å²) in [5.74, 6) is 2.97. The van der Waals surface area contributed by atoms with Gasteiger partial charge in [0.1, 0.15) is 5.82 Å². The molecule has 1 aliphatic carbocycles. The Hall–Kier alpha value is -0.900. The Balaban J connectivity index is 2.31. The van der Waals surface area contributed by atoms with Crippen molar-refractivity contribution in [1.82, 2.24) is 14.8 Å². The number of rotatable bonds is 3. The van der Waals surface area contributed by atoms with Crippen LogP contribution in [0.4, 0.5) is 0 Å². The maximum absolute atomic E-state index is 10.4. The van der Waals surface area contributed by atoms with Gasteiger partial charge in [0, 0.05) is 12.8 Å². The van der Waals surface area contributed by atoms with Crippen LogP contribution in [0.1, 0.15) is 58.2 Å².